The molecule has 106 valence electrons. The Morgan fingerprint density at radius 3 is 2.00 bits per heavy atom. The summed E-state index contributed by atoms with van der Waals surface area (Å²) in [5.41, 5.74) is 3.11. The van der Waals surface area contributed by atoms with Crippen molar-refractivity contribution in [1.29, 1.82) is 0 Å². The highest BCUT2D eigenvalue weighted by Gasteiger charge is 2.17. The Morgan fingerprint density at radius 1 is 1.21 bits per heavy atom. The number of ether oxygens (including phenoxy) is 1. The Hall–Kier alpha value is -1.55. The zero-order chi connectivity index (χ0) is 14.6. The molecule has 0 spiro atoms. The van der Waals surface area contributed by atoms with E-state index in [1.54, 1.807) is 7.11 Å². The second-order valence-corrected chi connectivity index (χ2v) is 5.32. The lowest BCUT2D eigenvalue weighted by Gasteiger charge is -2.21. The molecule has 0 radical (unpaired) electrons. The molecule has 0 saturated heterocycles. The number of methoxy groups -OCH3 is 1. The van der Waals surface area contributed by atoms with Gasteiger partial charge in [-0.3, -0.25) is 10.0 Å². The molecule has 0 fully saturated rings. The van der Waals surface area contributed by atoms with Crippen LogP contribution in [0.25, 0.3) is 0 Å². The van der Waals surface area contributed by atoms with Crippen molar-refractivity contribution < 1.29 is 14.7 Å². The van der Waals surface area contributed by atoms with Crippen LogP contribution in [0.15, 0.2) is 12.1 Å². The molecule has 4 heteroatoms. The van der Waals surface area contributed by atoms with E-state index in [-0.39, 0.29) is 6.54 Å². The maximum atomic E-state index is 10.5. The molecule has 1 aromatic rings. The average molecular weight is 265 g/mol. The smallest absolute Gasteiger partial charge is 0.233 e. The number of nitrogens with zero attached hydrogens (tertiary/aromatic N) is 1. The molecule has 0 aromatic heterocycles. The molecule has 0 atom stereocenters. The van der Waals surface area contributed by atoms with Gasteiger partial charge in [0.2, 0.25) is 6.41 Å². The minimum Gasteiger partial charge on any atom is -0.496 e. The minimum atomic E-state index is 0.187. The first kappa shape index (κ1) is 15.5. The quantitative estimate of drug-likeness (QED) is 0.488. The summed E-state index contributed by atoms with van der Waals surface area (Å²) in [4.78, 5) is 10.5. The van der Waals surface area contributed by atoms with E-state index in [1.165, 1.54) is 0 Å². The van der Waals surface area contributed by atoms with Crippen molar-refractivity contribution in [2.45, 2.75) is 46.1 Å². The highest BCUT2D eigenvalue weighted by Crippen LogP contribution is 2.35. The summed E-state index contributed by atoms with van der Waals surface area (Å²) < 4.78 is 5.54. The minimum absolute atomic E-state index is 0.187. The third kappa shape index (κ3) is 3.70. The van der Waals surface area contributed by atoms with Gasteiger partial charge in [0.1, 0.15) is 5.75 Å². The fourth-order valence-electron chi connectivity index (χ4n) is 2.15. The summed E-state index contributed by atoms with van der Waals surface area (Å²) in [6, 6.07) is 3.98. The van der Waals surface area contributed by atoms with Crippen LogP contribution in [0.1, 0.15) is 56.2 Å². The molecule has 1 rings (SSSR count). The van der Waals surface area contributed by atoms with Gasteiger partial charge >= 0.3 is 0 Å². The normalized spacial score (nSPS) is 10.9. The third-order valence-electron chi connectivity index (χ3n) is 3.12. The Morgan fingerprint density at radius 2 is 1.68 bits per heavy atom. The lowest BCUT2D eigenvalue weighted by molar-refractivity contribution is -0.152. The zero-order valence-electron chi connectivity index (χ0n) is 12.3. The molecule has 1 aromatic carbocycles. The van der Waals surface area contributed by atoms with E-state index in [0.717, 1.165) is 22.4 Å². The van der Waals surface area contributed by atoms with Crippen LogP contribution in [-0.2, 0) is 11.3 Å². The maximum absolute atomic E-state index is 10.5. The number of carbonyl (C=O) groups is 1. The summed E-state index contributed by atoms with van der Waals surface area (Å²) in [5, 5.41) is 9.98. The van der Waals surface area contributed by atoms with Gasteiger partial charge in [0.25, 0.3) is 0 Å². The predicted octanol–water partition coefficient (Wildman–Crippen LogP) is 3.29. The highest BCUT2D eigenvalue weighted by molar-refractivity contribution is 5.49. The van der Waals surface area contributed by atoms with Crippen molar-refractivity contribution in [3.05, 3.63) is 28.8 Å². The number of hydroxylamine groups is 2. The molecule has 0 unspecified atom stereocenters. The predicted molar refractivity (Wildman–Crippen MR) is 74.6 cm³/mol. The van der Waals surface area contributed by atoms with Crippen LogP contribution in [0.2, 0.25) is 0 Å². The number of rotatable bonds is 6. The molecular weight excluding hydrogens is 242 g/mol. The SMILES string of the molecule is COc1c(C(C)C)cc(CN(O)C=O)cc1C(C)C. The second kappa shape index (κ2) is 6.57. The largest absolute Gasteiger partial charge is 0.496 e. The molecule has 0 bridgehead atoms. The molecule has 4 nitrogen and oxygen atoms in total. The fourth-order valence-corrected chi connectivity index (χ4v) is 2.15. The monoisotopic (exact) mass is 265 g/mol. The summed E-state index contributed by atoms with van der Waals surface area (Å²) in [6.45, 7) is 8.58. The molecule has 0 aliphatic heterocycles. The molecular formula is C15H23NO3. The van der Waals surface area contributed by atoms with Gasteiger partial charge in [-0.1, -0.05) is 27.7 Å². The van der Waals surface area contributed by atoms with E-state index in [9.17, 15) is 10.0 Å². The fraction of sp³-hybridized carbons (Fsp3) is 0.533. The first-order chi connectivity index (χ1) is 8.90. The van der Waals surface area contributed by atoms with E-state index >= 15 is 0 Å². The van der Waals surface area contributed by atoms with Crippen LogP contribution < -0.4 is 4.74 Å². The molecule has 0 saturated carbocycles. The molecule has 1 amide bonds. The molecule has 0 heterocycles. The number of benzene rings is 1. The topological polar surface area (TPSA) is 49.8 Å². The lowest BCUT2D eigenvalue weighted by atomic mass is 9.91. The second-order valence-electron chi connectivity index (χ2n) is 5.32. The van der Waals surface area contributed by atoms with E-state index in [2.05, 4.69) is 27.7 Å². The van der Waals surface area contributed by atoms with Crippen molar-refractivity contribution in [1.82, 2.24) is 5.06 Å². The van der Waals surface area contributed by atoms with Crippen molar-refractivity contribution in [3.63, 3.8) is 0 Å². The molecule has 0 aliphatic rings. The summed E-state index contributed by atoms with van der Waals surface area (Å²) in [6.07, 6.45) is 0.411. The first-order valence-electron chi connectivity index (χ1n) is 6.52. The Kier molecular flexibility index (Phi) is 5.36. The van der Waals surface area contributed by atoms with Gasteiger partial charge in [-0.25, -0.2) is 5.06 Å². The molecule has 1 N–H and O–H groups in total. The first-order valence-corrected chi connectivity index (χ1v) is 6.52. The van der Waals surface area contributed by atoms with Crippen molar-refractivity contribution in [2.75, 3.05) is 7.11 Å². The maximum Gasteiger partial charge on any atom is 0.233 e. The number of hydrogen-bond acceptors (Lipinski definition) is 3. The third-order valence-corrected chi connectivity index (χ3v) is 3.12. The van der Waals surface area contributed by atoms with Crippen LogP contribution in [0.4, 0.5) is 0 Å². The van der Waals surface area contributed by atoms with E-state index < -0.39 is 0 Å². The molecule has 19 heavy (non-hydrogen) atoms. The van der Waals surface area contributed by atoms with Gasteiger partial charge in [-0.2, -0.15) is 0 Å². The van der Waals surface area contributed by atoms with Crippen LogP contribution in [0.5, 0.6) is 5.75 Å². The lowest BCUT2D eigenvalue weighted by Crippen LogP contribution is -2.16. The van der Waals surface area contributed by atoms with Gasteiger partial charge in [0.15, 0.2) is 0 Å². The summed E-state index contributed by atoms with van der Waals surface area (Å²) in [5.74, 6) is 1.54. The van der Waals surface area contributed by atoms with E-state index in [4.69, 9.17) is 4.74 Å². The standard InChI is InChI=1S/C15H23NO3/c1-10(2)13-6-12(8-16(18)9-17)7-14(11(3)4)15(13)19-5/h6-7,9-11,18H,8H2,1-5H3. The van der Waals surface area contributed by atoms with Gasteiger partial charge in [0.05, 0.1) is 13.7 Å². The van der Waals surface area contributed by atoms with Crippen LogP contribution in [0.3, 0.4) is 0 Å². The zero-order valence-corrected chi connectivity index (χ0v) is 12.3. The average Bonchev–Trinajstić information content (AvgIpc) is 2.37. The van der Waals surface area contributed by atoms with Crippen LogP contribution in [-0.4, -0.2) is 23.8 Å². The van der Waals surface area contributed by atoms with Gasteiger partial charge < -0.3 is 4.74 Å². The van der Waals surface area contributed by atoms with Crippen molar-refractivity contribution in [3.8, 4) is 5.75 Å². The van der Waals surface area contributed by atoms with Gasteiger partial charge in [-0.15, -0.1) is 0 Å². The number of amides is 1. The van der Waals surface area contributed by atoms with E-state index in [0.29, 0.717) is 23.3 Å². The summed E-state index contributed by atoms with van der Waals surface area (Å²) >= 11 is 0. The van der Waals surface area contributed by atoms with Crippen LogP contribution >= 0.6 is 0 Å². The Balaban J connectivity index is 3.32. The van der Waals surface area contributed by atoms with Crippen LogP contribution in [0, 0.1) is 0 Å². The summed E-state index contributed by atoms with van der Waals surface area (Å²) in [7, 11) is 1.68. The highest BCUT2D eigenvalue weighted by atomic mass is 16.5. The van der Waals surface area contributed by atoms with Crippen molar-refractivity contribution in [2.24, 2.45) is 0 Å². The van der Waals surface area contributed by atoms with E-state index in [1.807, 2.05) is 12.1 Å². The molecule has 0 aliphatic carbocycles. The van der Waals surface area contributed by atoms with Crippen molar-refractivity contribution >= 4 is 6.41 Å². The number of hydrogen-bond donors (Lipinski definition) is 1. The van der Waals surface area contributed by atoms with Gasteiger partial charge in [-0.05, 0) is 40.7 Å². The Bertz CT molecular complexity index is 412. The van der Waals surface area contributed by atoms with Gasteiger partial charge in [0, 0.05) is 0 Å². The number of carbonyl (C=O) groups excluding carboxylic acids is 1. The Labute approximate surface area is 114 Å².